The van der Waals surface area contributed by atoms with Crippen LogP contribution >= 0.6 is 0 Å². The maximum Gasteiger partial charge on any atom is 0.0600 e. The number of likely N-dealkylation sites (tertiary alicyclic amines) is 1. The van der Waals surface area contributed by atoms with Crippen LogP contribution in [0.3, 0.4) is 0 Å². The Kier molecular flexibility index (Phi) is 60.2. The number of nitrogens with one attached hydrogen (secondary N) is 2. The summed E-state index contributed by atoms with van der Waals surface area (Å²) in [6.07, 6.45) is 9.80. The molecule has 0 radical (unpaired) electrons. The third-order valence-corrected chi connectivity index (χ3v) is 24.2. The molecule has 5 atom stereocenters. The Hall–Kier alpha value is -0.800. The van der Waals surface area contributed by atoms with E-state index in [4.69, 9.17) is 33.2 Å². The maximum atomic E-state index is 5.80. The minimum absolute atomic E-state index is 0.0133. The summed E-state index contributed by atoms with van der Waals surface area (Å²) in [6.45, 7) is 143. The third-order valence-electron chi connectivity index (χ3n) is 24.2. The second-order valence-electron chi connectivity index (χ2n) is 57.0. The van der Waals surface area contributed by atoms with Gasteiger partial charge in [-0.05, 0) is 285 Å². The first kappa shape index (κ1) is 130. The fourth-order valence-electron chi connectivity index (χ4n) is 17.3. The van der Waals surface area contributed by atoms with Crippen molar-refractivity contribution in [2.75, 3.05) is 289 Å². The van der Waals surface area contributed by atoms with Crippen molar-refractivity contribution in [2.24, 2.45) is 67.5 Å². The lowest BCUT2D eigenvalue weighted by Crippen LogP contribution is -2.50. The predicted octanol–water partition coefficient (Wildman–Crippen LogP) is 21.0. The Morgan fingerprint density at radius 2 is 0.549 bits per heavy atom. The minimum atomic E-state index is -0.0217. The van der Waals surface area contributed by atoms with Gasteiger partial charge in [0.25, 0.3) is 0 Å². The quantitative estimate of drug-likeness (QED) is 0.0605. The first-order chi connectivity index (χ1) is 60.4. The zero-order valence-electron chi connectivity index (χ0n) is 98.0. The Morgan fingerprint density at radius 1 is 0.263 bits per heavy atom. The van der Waals surface area contributed by atoms with Crippen LogP contribution in [0.5, 0.6) is 0 Å². The molecule has 0 bridgehead atoms. The molecule has 6 heterocycles. The van der Waals surface area contributed by atoms with E-state index in [1.807, 2.05) is 0 Å². The highest BCUT2D eigenvalue weighted by molar-refractivity contribution is 4.93. The van der Waals surface area contributed by atoms with E-state index < -0.39 is 0 Å². The summed E-state index contributed by atoms with van der Waals surface area (Å²) in [6, 6.07) is 0. The van der Waals surface area contributed by atoms with Crippen LogP contribution in [0.4, 0.5) is 0 Å². The molecule has 2 aliphatic carbocycles. The Balaban J connectivity index is 0.000000767. The summed E-state index contributed by atoms with van der Waals surface area (Å²) >= 11 is 0. The summed E-state index contributed by atoms with van der Waals surface area (Å²) in [7, 11) is 2.22. The molecule has 5 unspecified atom stereocenters. The van der Waals surface area contributed by atoms with Crippen LogP contribution in [0.1, 0.15) is 343 Å². The first-order valence-corrected chi connectivity index (χ1v) is 54.2. The maximum absolute atomic E-state index is 5.80. The van der Waals surface area contributed by atoms with Gasteiger partial charge in [-0.15, -0.1) is 0 Å². The average molecular weight is 1890 g/mol. The lowest BCUT2D eigenvalue weighted by molar-refractivity contribution is -0.0280. The zero-order valence-corrected chi connectivity index (χ0v) is 98.0. The molecular weight excluding hydrogens is 1650 g/mol. The minimum Gasteiger partial charge on any atom is -0.380 e. The van der Waals surface area contributed by atoms with Crippen LogP contribution in [-0.2, 0) is 33.2 Å². The Bertz CT molecular complexity index is 2640. The number of hydrogen-bond donors (Lipinski definition) is 2. The van der Waals surface area contributed by atoms with E-state index in [0.717, 1.165) is 200 Å². The molecule has 0 aromatic heterocycles. The molecule has 20 heteroatoms. The molecule has 0 amide bonds. The molecule has 2 saturated carbocycles. The second kappa shape index (κ2) is 61.5. The SMILES string of the molecule is CC(C)(C)CC1CC1CC(C)(C)C.CC(C)(C)CC1CC1COC(C)(C)C.CC(C)(C)CNCCN1CCN(CCOC(C)(C)C)CC1.CC(C)(C)COCCN1CCN(CCOC(C)(C)C)CC1.CC(C)(C)NCCN1CCN(CCOC(C)(C)C)CC1.CC(C)(C)OCCN1CCN(CCOC(C)(C)C)CC1.CC1CCN(CC(C)(C)C)C1.CN1CCCN(CC(C)(C)C)CC1. The smallest absolute Gasteiger partial charge is 0.0600 e. The number of hydrogen-bond acceptors (Lipinski definition) is 20. The molecule has 2 N–H and O–H groups in total. The molecule has 8 rings (SSSR count). The van der Waals surface area contributed by atoms with Gasteiger partial charge in [-0.2, -0.15) is 0 Å². The van der Waals surface area contributed by atoms with Crippen LogP contribution in [0.15, 0.2) is 0 Å². The molecule has 20 nitrogen and oxygen atoms in total. The number of piperazine rings is 4. The number of nitrogens with zero attached hydrogens (tertiary/aromatic N) is 11. The Morgan fingerprint density at radius 3 is 0.827 bits per heavy atom. The van der Waals surface area contributed by atoms with Gasteiger partial charge in [0.15, 0.2) is 0 Å². The monoisotopic (exact) mass is 1890 g/mol. The van der Waals surface area contributed by atoms with Gasteiger partial charge in [-0.1, -0.05) is 152 Å². The van der Waals surface area contributed by atoms with Crippen LogP contribution in [0, 0.1) is 67.5 Å². The highest BCUT2D eigenvalue weighted by Gasteiger charge is 2.42. The molecule has 798 valence electrons. The summed E-state index contributed by atoms with van der Waals surface area (Å²) in [5.41, 5.74) is 3.31. The molecule has 8 aliphatic rings. The number of ether oxygens (including phenoxy) is 7. The highest BCUT2D eigenvalue weighted by atomic mass is 16.5. The fraction of sp³-hybridized carbons (Fsp3) is 1.00. The second-order valence-corrected chi connectivity index (χ2v) is 57.0. The van der Waals surface area contributed by atoms with Crippen molar-refractivity contribution < 1.29 is 33.2 Å². The summed E-state index contributed by atoms with van der Waals surface area (Å²) in [4.78, 5) is 27.8. The molecule has 6 saturated heterocycles. The standard InChI is InChI=1S/C17H37N3O.C17H36N2O2.C16H35N3O.C16H34N2O2.C13H26O.C13H26.C11H24N2.C10H21N/c1-16(2,3)15-18-7-8-19-9-11-20(12-10-19)13-14-21-17(4,5)6;1-16(2,3)15-20-13-11-18-7-9-19(10-8-18)12-14-21-17(4,5)6;1-15(2,3)17-7-8-18-9-11-19(12-10-18)13-14-20-16(4,5)6;1-15(2,3)19-13-11-17-7-9-18(10-8-17)12-14-20-16(4,5)6;1-12(2,3)8-10-7-11(10)9-14-13(4,5)6;1-12(2,3)8-10-7-11(10)9-13(4,5)6;1-11(2,3)10-13-7-5-6-12(4)8-9-13;1-9-5-6-11(7-9)8-10(2,3)4/h18H,7-15H2,1-6H3;7-15H2,1-6H3;17H,7-14H2,1-6H3;7-14H2,1-6H3;10-11H,7-9H2,1-6H3;10-11H,7-9H2,1-6H3;5-10H2,1-4H3;9H,5-8H2,1-4H3. The van der Waals surface area contributed by atoms with Crippen LogP contribution in [0.2, 0.25) is 0 Å². The van der Waals surface area contributed by atoms with Crippen molar-refractivity contribution in [1.29, 1.82) is 0 Å². The van der Waals surface area contributed by atoms with Crippen LogP contribution in [0.25, 0.3) is 0 Å². The van der Waals surface area contributed by atoms with E-state index in [2.05, 4.69) is 369 Å². The van der Waals surface area contributed by atoms with E-state index in [1.165, 1.54) is 156 Å². The van der Waals surface area contributed by atoms with Gasteiger partial charge < -0.3 is 58.5 Å². The number of rotatable bonds is 33. The van der Waals surface area contributed by atoms with Gasteiger partial charge in [0.05, 0.1) is 86.5 Å². The van der Waals surface area contributed by atoms with E-state index in [1.54, 1.807) is 0 Å². The molecule has 8 fully saturated rings. The molecule has 0 aromatic rings. The first-order valence-electron chi connectivity index (χ1n) is 54.2. The van der Waals surface area contributed by atoms with E-state index in [-0.39, 0.29) is 44.6 Å². The largest absolute Gasteiger partial charge is 0.380 e. The van der Waals surface area contributed by atoms with Gasteiger partial charge in [-0.25, -0.2) is 0 Å². The molecule has 0 spiro atoms. The summed E-state index contributed by atoms with van der Waals surface area (Å²) < 4.78 is 40.5. The molecule has 6 aliphatic heterocycles. The van der Waals surface area contributed by atoms with Gasteiger partial charge in [0.2, 0.25) is 0 Å². The lowest BCUT2D eigenvalue weighted by Gasteiger charge is -2.35. The van der Waals surface area contributed by atoms with Crippen LogP contribution in [-0.4, -0.2) is 382 Å². The normalized spacial score (nSPS) is 22.2. The fourth-order valence-corrected chi connectivity index (χ4v) is 17.3. The average Bonchev–Trinajstić information content (AvgIpc) is 1.67. The van der Waals surface area contributed by atoms with Crippen molar-refractivity contribution in [1.82, 2.24) is 64.5 Å². The summed E-state index contributed by atoms with van der Waals surface area (Å²) in [5.74, 6) is 4.78. The molecular formula is C113H239N13O7. The van der Waals surface area contributed by atoms with Crippen molar-refractivity contribution in [2.45, 2.75) is 382 Å². The van der Waals surface area contributed by atoms with Gasteiger partial charge in [0.1, 0.15) is 0 Å². The lowest BCUT2D eigenvalue weighted by atomic mass is 9.85. The predicted molar refractivity (Wildman–Crippen MR) is 579 cm³/mol. The molecule has 0 aromatic carbocycles. The number of likely N-dealkylation sites (N-methyl/N-ethyl adjacent to an activating group) is 1. The van der Waals surface area contributed by atoms with Gasteiger partial charge >= 0.3 is 0 Å². The van der Waals surface area contributed by atoms with E-state index in [9.17, 15) is 0 Å². The van der Waals surface area contributed by atoms with Crippen molar-refractivity contribution in [3.05, 3.63) is 0 Å². The van der Waals surface area contributed by atoms with E-state index >= 15 is 0 Å². The van der Waals surface area contributed by atoms with E-state index in [0.29, 0.717) is 32.5 Å². The van der Waals surface area contributed by atoms with Crippen molar-refractivity contribution >= 4 is 0 Å². The highest BCUT2D eigenvalue weighted by Crippen LogP contribution is 2.51. The zero-order chi connectivity index (χ0) is 102. The third kappa shape index (κ3) is 85.3. The summed E-state index contributed by atoms with van der Waals surface area (Å²) in [5, 5.41) is 7.12. The molecule has 133 heavy (non-hydrogen) atoms. The topological polar surface area (TPSA) is 124 Å². The van der Waals surface area contributed by atoms with Gasteiger partial charge in [-0.3, -0.25) is 39.2 Å². The Labute approximate surface area is 831 Å². The van der Waals surface area contributed by atoms with Crippen molar-refractivity contribution in [3.63, 3.8) is 0 Å². The van der Waals surface area contributed by atoms with Gasteiger partial charge in [0, 0.05) is 215 Å². The van der Waals surface area contributed by atoms with Crippen molar-refractivity contribution in [3.8, 4) is 0 Å². The van der Waals surface area contributed by atoms with Crippen LogP contribution < -0.4 is 10.6 Å².